The molecule has 4 rings (SSSR count). The van der Waals surface area contributed by atoms with Crippen molar-refractivity contribution in [3.63, 3.8) is 0 Å². The number of nitrogens with two attached hydrogens (primary N) is 1. The van der Waals surface area contributed by atoms with Crippen LogP contribution in [0.4, 0.5) is 0 Å². The fourth-order valence-electron chi connectivity index (χ4n) is 4.20. The van der Waals surface area contributed by atoms with E-state index in [4.69, 9.17) is 19.3 Å². The van der Waals surface area contributed by atoms with Crippen LogP contribution in [-0.2, 0) is 14.8 Å². The second-order valence-electron chi connectivity index (χ2n) is 9.98. The Morgan fingerprint density at radius 1 is 0.925 bits per heavy atom. The minimum atomic E-state index is -3.87. The number of para-hydroxylation sites is 1. The molecule has 0 saturated carbocycles. The predicted octanol–water partition coefficient (Wildman–Crippen LogP) is 5.35. The average Bonchev–Trinajstić information content (AvgIpc) is 3.29. The third-order valence-corrected chi connectivity index (χ3v) is 6.94. The van der Waals surface area contributed by atoms with Crippen LogP contribution >= 0.6 is 0 Å². The van der Waals surface area contributed by atoms with E-state index in [1.165, 1.54) is 44.6 Å². The number of nitrogens with one attached hydrogen (secondary N) is 1. The highest BCUT2D eigenvalue weighted by Gasteiger charge is 2.27. The maximum Gasteiger partial charge on any atom is 0.341 e. The normalized spacial score (nSPS) is 12.1. The van der Waals surface area contributed by atoms with Crippen molar-refractivity contribution < 1.29 is 32.2 Å². The number of carbonyl (C=O) groups is 2. The van der Waals surface area contributed by atoms with Crippen LogP contribution in [-0.4, -0.2) is 45.0 Å². The number of aromatic nitrogens is 1. The van der Waals surface area contributed by atoms with Gasteiger partial charge in [0.05, 0.1) is 30.4 Å². The molecule has 3 N–H and O–H groups in total. The summed E-state index contributed by atoms with van der Waals surface area (Å²) in [5, 5.41) is 5.83. The highest BCUT2D eigenvalue weighted by atomic mass is 32.2. The third kappa shape index (κ3) is 6.08. The summed E-state index contributed by atoms with van der Waals surface area (Å²) in [5.41, 5.74) is 2.26. The zero-order chi connectivity index (χ0) is 29.2. The Morgan fingerprint density at radius 2 is 1.57 bits per heavy atom. The van der Waals surface area contributed by atoms with Gasteiger partial charge >= 0.3 is 5.97 Å². The van der Waals surface area contributed by atoms with Crippen LogP contribution in [0.25, 0.3) is 28.2 Å². The molecule has 0 bridgehead atoms. The maximum absolute atomic E-state index is 13.4. The van der Waals surface area contributed by atoms with Gasteiger partial charge in [0.25, 0.3) is 0 Å². The number of allylic oxidation sites excluding steroid dienone is 1. The van der Waals surface area contributed by atoms with Crippen LogP contribution < -0.4 is 14.6 Å². The first-order valence-corrected chi connectivity index (χ1v) is 13.8. The number of aromatic amines is 1. The second kappa shape index (κ2) is 11.0. The summed E-state index contributed by atoms with van der Waals surface area (Å²) in [4.78, 5) is 29.5. The number of hydrogen-bond donors (Lipinski definition) is 2. The first kappa shape index (κ1) is 28.6. The van der Waals surface area contributed by atoms with E-state index in [0.717, 1.165) is 5.52 Å². The zero-order valence-electron chi connectivity index (χ0n) is 22.8. The molecule has 208 valence electrons. The largest absolute Gasteiger partial charge is 0.496 e. The highest BCUT2D eigenvalue weighted by Crippen LogP contribution is 2.40. The summed E-state index contributed by atoms with van der Waals surface area (Å²) >= 11 is 0. The summed E-state index contributed by atoms with van der Waals surface area (Å²) < 4.78 is 40.0. The van der Waals surface area contributed by atoms with E-state index in [0.29, 0.717) is 39.3 Å². The van der Waals surface area contributed by atoms with E-state index in [2.05, 4.69) is 4.98 Å². The summed E-state index contributed by atoms with van der Waals surface area (Å²) in [6.45, 7) is 5.40. The second-order valence-corrected chi connectivity index (χ2v) is 11.5. The number of carbonyl (C=O) groups excluding carboxylic acids is 2. The van der Waals surface area contributed by atoms with Crippen molar-refractivity contribution in [3.05, 3.63) is 83.4 Å². The van der Waals surface area contributed by atoms with Crippen LogP contribution in [0, 0.1) is 0 Å². The molecule has 3 aromatic carbocycles. The van der Waals surface area contributed by atoms with Crippen molar-refractivity contribution in [3.8, 4) is 22.8 Å². The lowest BCUT2D eigenvalue weighted by Gasteiger charge is -2.20. The quantitative estimate of drug-likeness (QED) is 0.168. The van der Waals surface area contributed by atoms with Crippen molar-refractivity contribution in [2.24, 2.45) is 5.14 Å². The molecule has 0 amide bonds. The van der Waals surface area contributed by atoms with Gasteiger partial charge in [0.1, 0.15) is 17.1 Å². The SMILES string of the molecule is COc1cc(OC)c(-c2[nH]c3ccccc3c2C(=O)OC(C)(C)C)cc1C=CC(=O)c1ccc(S(N)(=O)=O)cc1. The molecule has 1 heterocycles. The van der Waals surface area contributed by atoms with Crippen molar-refractivity contribution >= 4 is 38.8 Å². The summed E-state index contributed by atoms with van der Waals surface area (Å²) in [6.07, 6.45) is 2.92. The summed E-state index contributed by atoms with van der Waals surface area (Å²) in [7, 11) is -0.864. The van der Waals surface area contributed by atoms with Gasteiger partial charge < -0.3 is 19.2 Å². The fraction of sp³-hybridized carbons (Fsp3) is 0.200. The van der Waals surface area contributed by atoms with Crippen molar-refractivity contribution in [2.75, 3.05) is 14.2 Å². The number of rotatable bonds is 8. The molecule has 0 aliphatic carbocycles. The Bertz CT molecular complexity index is 1730. The van der Waals surface area contributed by atoms with Crippen molar-refractivity contribution in [1.82, 2.24) is 4.98 Å². The molecule has 0 saturated heterocycles. The van der Waals surface area contributed by atoms with Crippen LogP contribution in [0.1, 0.15) is 47.1 Å². The van der Waals surface area contributed by atoms with Gasteiger partial charge in [-0.15, -0.1) is 0 Å². The number of sulfonamides is 1. The van der Waals surface area contributed by atoms with Crippen LogP contribution in [0.2, 0.25) is 0 Å². The van der Waals surface area contributed by atoms with Crippen LogP contribution in [0.3, 0.4) is 0 Å². The van der Waals surface area contributed by atoms with E-state index in [9.17, 15) is 18.0 Å². The number of esters is 1. The molecule has 0 aliphatic heterocycles. The van der Waals surface area contributed by atoms with Gasteiger partial charge in [-0.05, 0) is 69.3 Å². The lowest BCUT2D eigenvalue weighted by molar-refractivity contribution is 0.00727. The van der Waals surface area contributed by atoms with Gasteiger partial charge in [-0.25, -0.2) is 18.4 Å². The average molecular weight is 563 g/mol. The van der Waals surface area contributed by atoms with Gasteiger partial charge in [-0.3, -0.25) is 4.79 Å². The number of methoxy groups -OCH3 is 2. The molecule has 0 fully saturated rings. The molecule has 4 aromatic rings. The number of H-pyrrole nitrogens is 1. The van der Waals surface area contributed by atoms with E-state index in [1.54, 1.807) is 39.0 Å². The highest BCUT2D eigenvalue weighted by molar-refractivity contribution is 7.89. The topological polar surface area (TPSA) is 138 Å². The van der Waals surface area contributed by atoms with E-state index < -0.39 is 21.6 Å². The van der Waals surface area contributed by atoms with Crippen LogP contribution in [0.5, 0.6) is 11.5 Å². The van der Waals surface area contributed by atoms with Gasteiger partial charge in [0.15, 0.2) is 5.78 Å². The predicted molar refractivity (Wildman–Crippen MR) is 153 cm³/mol. The summed E-state index contributed by atoms with van der Waals surface area (Å²) in [6, 6.07) is 16.2. The van der Waals surface area contributed by atoms with Gasteiger partial charge in [0.2, 0.25) is 10.0 Å². The van der Waals surface area contributed by atoms with E-state index in [-0.39, 0.29) is 16.2 Å². The molecule has 9 nitrogen and oxygen atoms in total. The molecule has 0 aliphatic rings. The van der Waals surface area contributed by atoms with Gasteiger partial charge in [-0.1, -0.05) is 18.2 Å². The number of fused-ring (bicyclic) bond motifs is 1. The molecule has 10 heteroatoms. The monoisotopic (exact) mass is 562 g/mol. The number of ether oxygens (including phenoxy) is 3. The molecule has 0 unspecified atom stereocenters. The minimum Gasteiger partial charge on any atom is -0.496 e. The Kier molecular flexibility index (Phi) is 7.86. The molecular weight excluding hydrogens is 532 g/mol. The third-order valence-electron chi connectivity index (χ3n) is 6.01. The molecule has 40 heavy (non-hydrogen) atoms. The first-order chi connectivity index (χ1) is 18.8. The lowest BCUT2D eigenvalue weighted by atomic mass is 10.00. The van der Waals surface area contributed by atoms with Crippen molar-refractivity contribution in [1.29, 1.82) is 0 Å². The maximum atomic E-state index is 13.4. The number of primary sulfonamides is 1. The molecule has 0 spiro atoms. The standard InChI is InChI=1S/C30H30N2O7S/c1-30(2,3)39-29(34)27-21-8-6-7-9-23(21)32-28(27)22-16-19(25(37-4)17-26(22)38-5)12-15-24(33)18-10-13-20(14-11-18)40(31,35)36/h6-17,32H,1-5H3,(H2,31,35,36). The number of benzene rings is 3. The van der Waals surface area contributed by atoms with Crippen LogP contribution in [0.15, 0.2) is 71.6 Å². The Balaban J connectivity index is 1.81. The summed E-state index contributed by atoms with van der Waals surface area (Å²) in [5.74, 6) is 0.0212. The molecule has 0 radical (unpaired) electrons. The number of ketones is 1. The molecular formula is C30H30N2O7S. The number of hydrogen-bond acceptors (Lipinski definition) is 7. The Morgan fingerprint density at radius 3 is 2.17 bits per heavy atom. The first-order valence-electron chi connectivity index (χ1n) is 12.3. The Labute approximate surface area is 232 Å². The lowest BCUT2D eigenvalue weighted by Crippen LogP contribution is -2.24. The fourth-order valence-corrected chi connectivity index (χ4v) is 4.72. The van der Waals surface area contributed by atoms with E-state index >= 15 is 0 Å². The van der Waals surface area contributed by atoms with Crippen molar-refractivity contribution in [2.45, 2.75) is 31.3 Å². The minimum absolute atomic E-state index is 0.0892. The molecule has 1 aromatic heterocycles. The smallest absolute Gasteiger partial charge is 0.341 e. The molecule has 0 atom stereocenters. The van der Waals surface area contributed by atoms with Gasteiger partial charge in [0, 0.05) is 33.7 Å². The Hall–Kier alpha value is -4.41. The zero-order valence-corrected chi connectivity index (χ0v) is 23.6. The van der Waals surface area contributed by atoms with E-state index in [1.807, 2.05) is 24.3 Å². The van der Waals surface area contributed by atoms with Gasteiger partial charge in [-0.2, -0.15) is 0 Å².